The highest BCUT2D eigenvalue weighted by atomic mass is 35.5. The summed E-state index contributed by atoms with van der Waals surface area (Å²) in [4.78, 5) is 0. The van der Waals surface area contributed by atoms with E-state index in [2.05, 4.69) is 17.6 Å². The number of hydrazine groups is 1. The Hall–Kier alpha value is -1.55. The average Bonchev–Trinajstić information content (AvgIpc) is 2.52. The van der Waals surface area contributed by atoms with Crippen molar-refractivity contribution in [3.63, 3.8) is 0 Å². The van der Waals surface area contributed by atoms with E-state index in [9.17, 15) is 0 Å². The fraction of sp³-hybridized carbons (Fsp3) is 0.294. The van der Waals surface area contributed by atoms with Gasteiger partial charge in [0.2, 0.25) is 0 Å². The van der Waals surface area contributed by atoms with Crippen LogP contribution in [-0.2, 0) is 6.42 Å². The summed E-state index contributed by atoms with van der Waals surface area (Å²) < 4.78 is 5.16. The number of halogens is 1. The second kappa shape index (κ2) is 7.46. The monoisotopic (exact) mass is 304 g/mol. The van der Waals surface area contributed by atoms with Gasteiger partial charge in [-0.05, 0) is 48.6 Å². The molecule has 0 aromatic heterocycles. The van der Waals surface area contributed by atoms with Crippen molar-refractivity contribution in [1.82, 2.24) is 5.43 Å². The Kier molecular flexibility index (Phi) is 5.62. The van der Waals surface area contributed by atoms with E-state index in [4.69, 9.17) is 22.2 Å². The number of methoxy groups -OCH3 is 1. The van der Waals surface area contributed by atoms with Gasteiger partial charge < -0.3 is 4.74 Å². The van der Waals surface area contributed by atoms with Crippen molar-refractivity contribution in [3.05, 3.63) is 64.2 Å². The van der Waals surface area contributed by atoms with E-state index in [1.54, 1.807) is 7.11 Å². The third-order valence-corrected chi connectivity index (χ3v) is 4.20. The first-order valence-electron chi connectivity index (χ1n) is 6.99. The van der Waals surface area contributed by atoms with Crippen molar-refractivity contribution in [1.29, 1.82) is 0 Å². The molecule has 2 rings (SSSR count). The number of rotatable bonds is 6. The van der Waals surface area contributed by atoms with Crippen LogP contribution < -0.4 is 16.0 Å². The van der Waals surface area contributed by atoms with Gasteiger partial charge in [-0.15, -0.1) is 0 Å². The maximum atomic E-state index is 6.38. The standard InChI is InChI=1S/C17H21ClN2O/c1-12-4-3-5-15(17(12)18)16(20-19)11-8-13-6-9-14(21-2)10-7-13/h3-7,9-10,16,20H,8,11,19H2,1-2H3. The van der Waals surface area contributed by atoms with E-state index in [0.717, 1.165) is 34.7 Å². The molecule has 3 N–H and O–H groups in total. The van der Waals surface area contributed by atoms with Crippen molar-refractivity contribution in [3.8, 4) is 5.75 Å². The van der Waals surface area contributed by atoms with Gasteiger partial charge in [0.05, 0.1) is 7.11 Å². The molecular weight excluding hydrogens is 284 g/mol. The van der Waals surface area contributed by atoms with Gasteiger partial charge in [-0.2, -0.15) is 0 Å². The second-order valence-corrected chi connectivity index (χ2v) is 5.46. The predicted octanol–water partition coefficient (Wildman–Crippen LogP) is 3.79. The average molecular weight is 305 g/mol. The molecule has 2 aromatic rings. The third-order valence-electron chi connectivity index (χ3n) is 3.68. The van der Waals surface area contributed by atoms with Gasteiger partial charge in [-0.3, -0.25) is 11.3 Å². The summed E-state index contributed by atoms with van der Waals surface area (Å²) in [6.07, 6.45) is 1.80. The minimum Gasteiger partial charge on any atom is -0.497 e. The number of hydrogen-bond acceptors (Lipinski definition) is 3. The molecule has 112 valence electrons. The van der Waals surface area contributed by atoms with Crippen molar-refractivity contribution in [2.24, 2.45) is 5.84 Å². The Morgan fingerprint density at radius 3 is 2.52 bits per heavy atom. The van der Waals surface area contributed by atoms with E-state index < -0.39 is 0 Å². The number of nitrogens with two attached hydrogens (primary N) is 1. The quantitative estimate of drug-likeness (QED) is 0.630. The SMILES string of the molecule is COc1ccc(CCC(NN)c2cccc(C)c2Cl)cc1. The molecule has 3 nitrogen and oxygen atoms in total. The molecule has 0 aliphatic carbocycles. The Morgan fingerprint density at radius 2 is 1.90 bits per heavy atom. The molecule has 0 bridgehead atoms. The molecule has 0 amide bonds. The fourth-order valence-corrected chi connectivity index (χ4v) is 2.63. The lowest BCUT2D eigenvalue weighted by Crippen LogP contribution is -2.28. The molecule has 4 heteroatoms. The Balaban J connectivity index is 2.06. The van der Waals surface area contributed by atoms with Gasteiger partial charge in [-0.1, -0.05) is 41.9 Å². The number of hydrogen-bond donors (Lipinski definition) is 2. The molecule has 0 spiro atoms. The van der Waals surface area contributed by atoms with Crippen LogP contribution in [-0.4, -0.2) is 7.11 Å². The molecular formula is C17H21ClN2O. The van der Waals surface area contributed by atoms with Crippen molar-refractivity contribution >= 4 is 11.6 Å². The summed E-state index contributed by atoms with van der Waals surface area (Å²) >= 11 is 6.38. The van der Waals surface area contributed by atoms with E-state index in [1.807, 2.05) is 37.3 Å². The number of benzene rings is 2. The van der Waals surface area contributed by atoms with Crippen LogP contribution in [0.2, 0.25) is 5.02 Å². The van der Waals surface area contributed by atoms with Crippen molar-refractivity contribution in [2.75, 3.05) is 7.11 Å². The molecule has 0 radical (unpaired) electrons. The number of ether oxygens (including phenoxy) is 1. The van der Waals surface area contributed by atoms with Crippen LogP contribution in [0.5, 0.6) is 5.75 Å². The Labute approximate surface area is 131 Å². The normalized spacial score (nSPS) is 12.2. The summed E-state index contributed by atoms with van der Waals surface area (Å²) in [7, 11) is 1.67. The molecule has 0 saturated heterocycles. The minimum absolute atomic E-state index is 0.0412. The van der Waals surface area contributed by atoms with Gasteiger partial charge in [0, 0.05) is 11.1 Å². The predicted molar refractivity (Wildman–Crippen MR) is 87.6 cm³/mol. The number of nitrogens with one attached hydrogen (secondary N) is 1. The first kappa shape index (κ1) is 15.8. The zero-order valence-electron chi connectivity index (χ0n) is 12.4. The smallest absolute Gasteiger partial charge is 0.118 e. The zero-order valence-corrected chi connectivity index (χ0v) is 13.2. The molecule has 1 unspecified atom stereocenters. The first-order chi connectivity index (χ1) is 10.2. The van der Waals surface area contributed by atoms with Gasteiger partial charge in [-0.25, -0.2) is 0 Å². The molecule has 0 fully saturated rings. The highest BCUT2D eigenvalue weighted by molar-refractivity contribution is 6.32. The molecule has 0 heterocycles. The summed E-state index contributed by atoms with van der Waals surface area (Å²) in [5, 5.41) is 0.787. The lowest BCUT2D eigenvalue weighted by Gasteiger charge is -2.18. The van der Waals surface area contributed by atoms with Gasteiger partial charge in [0.15, 0.2) is 0 Å². The molecule has 0 aliphatic heterocycles. The lowest BCUT2D eigenvalue weighted by molar-refractivity contribution is 0.414. The van der Waals surface area contributed by atoms with Gasteiger partial charge >= 0.3 is 0 Å². The summed E-state index contributed by atoms with van der Waals surface area (Å²) in [6.45, 7) is 2.00. The topological polar surface area (TPSA) is 47.3 Å². The van der Waals surface area contributed by atoms with Crippen LogP contribution in [0.4, 0.5) is 0 Å². The molecule has 1 atom stereocenters. The van der Waals surface area contributed by atoms with E-state index in [1.165, 1.54) is 5.56 Å². The van der Waals surface area contributed by atoms with Crippen LogP contribution in [0.15, 0.2) is 42.5 Å². The van der Waals surface area contributed by atoms with Crippen LogP contribution in [0.3, 0.4) is 0 Å². The molecule has 0 aliphatic rings. The van der Waals surface area contributed by atoms with Crippen molar-refractivity contribution < 1.29 is 4.74 Å². The van der Waals surface area contributed by atoms with E-state index in [-0.39, 0.29) is 6.04 Å². The maximum absolute atomic E-state index is 6.38. The van der Waals surface area contributed by atoms with Crippen LogP contribution in [0, 0.1) is 6.92 Å². The summed E-state index contributed by atoms with van der Waals surface area (Å²) in [6, 6.07) is 14.2. The molecule has 21 heavy (non-hydrogen) atoms. The van der Waals surface area contributed by atoms with Gasteiger partial charge in [0.1, 0.15) is 5.75 Å². The lowest BCUT2D eigenvalue weighted by atomic mass is 9.98. The zero-order chi connectivity index (χ0) is 15.2. The van der Waals surface area contributed by atoms with Crippen LogP contribution in [0.1, 0.15) is 29.2 Å². The maximum Gasteiger partial charge on any atom is 0.118 e. The molecule has 0 saturated carbocycles. The van der Waals surface area contributed by atoms with E-state index in [0.29, 0.717) is 0 Å². The van der Waals surface area contributed by atoms with Gasteiger partial charge in [0.25, 0.3) is 0 Å². The molecule has 2 aromatic carbocycles. The highest BCUT2D eigenvalue weighted by Crippen LogP contribution is 2.28. The Bertz CT molecular complexity index is 584. The third kappa shape index (κ3) is 3.97. The van der Waals surface area contributed by atoms with E-state index >= 15 is 0 Å². The first-order valence-corrected chi connectivity index (χ1v) is 7.37. The Morgan fingerprint density at radius 1 is 1.19 bits per heavy atom. The highest BCUT2D eigenvalue weighted by Gasteiger charge is 2.14. The largest absolute Gasteiger partial charge is 0.497 e. The fourth-order valence-electron chi connectivity index (χ4n) is 2.37. The minimum atomic E-state index is 0.0412. The van der Waals surface area contributed by atoms with Crippen LogP contribution >= 0.6 is 11.6 Å². The summed E-state index contributed by atoms with van der Waals surface area (Å²) in [5.41, 5.74) is 6.24. The number of aryl methyl sites for hydroxylation is 2. The summed E-state index contributed by atoms with van der Waals surface area (Å²) in [5.74, 6) is 6.57. The van der Waals surface area contributed by atoms with Crippen LogP contribution in [0.25, 0.3) is 0 Å². The second-order valence-electron chi connectivity index (χ2n) is 5.08. The van der Waals surface area contributed by atoms with Crippen molar-refractivity contribution in [2.45, 2.75) is 25.8 Å².